The molecule has 0 radical (unpaired) electrons. The number of thioether (sulfide) groups is 1. The van der Waals surface area contributed by atoms with Crippen LogP contribution in [-0.4, -0.2) is 23.6 Å². The van der Waals surface area contributed by atoms with Crippen LogP contribution in [-0.2, 0) is 0 Å². The summed E-state index contributed by atoms with van der Waals surface area (Å²) in [7, 11) is 0. The molecule has 0 aromatic rings. The summed E-state index contributed by atoms with van der Waals surface area (Å²) in [6.07, 6.45) is 8.28. The first-order chi connectivity index (χ1) is 6.34. The molecule has 0 bridgehead atoms. The van der Waals surface area contributed by atoms with E-state index in [1.54, 1.807) is 0 Å². The quantitative estimate of drug-likeness (QED) is 0.552. The Hall–Kier alpha value is 0.0500. The Labute approximate surface area is 86.4 Å². The Morgan fingerprint density at radius 3 is 3.08 bits per heavy atom. The molecule has 2 heteroatoms. The van der Waals surface area contributed by atoms with Crippen LogP contribution in [0.15, 0.2) is 12.2 Å². The second-order valence-electron chi connectivity index (χ2n) is 3.64. The molecule has 76 valence electrons. The highest BCUT2D eigenvalue weighted by Crippen LogP contribution is 2.24. The van der Waals surface area contributed by atoms with E-state index in [-0.39, 0.29) is 0 Å². The molecule has 13 heavy (non-hydrogen) atoms. The number of nitrogens with one attached hydrogen (secondary N) is 1. The number of hydrogen-bond acceptors (Lipinski definition) is 2. The monoisotopic (exact) mass is 199 g/mol. The van der Waals surface area contributed by atoms with Gasteiger partial charge in [-0.05, 0) is 38.5 Å². The Morgan fingerprint density at radius 1 is 1.54 bits per heavy atom. The fraction of sp³-hybridized carbons (Fsp3) is 0.818. The number of hydrogen-bond donors (Lipinski definition) is 1. The zero-order valence-electron chi connectivity index (χ0n) is 8.75. The van der Waals surface area contributed by atoms with Crippen LogP contribution in [0, 0.1) is 0 Å². The van der Waals surface area contributed by atoms with Crippen LogP contribution in [0.25, 0.3) is 0 Å². The van der Waals surface area contributed by atoms with Gasteiger partial charge in [0.15, 0.2) is 0 Å². The fourth-order valence-corrected chi connectivity index (χ4v) is 2.88. The van der Waals surface area contributed by atoms with Crippen molar-refractivity contribution in [1.82, 2.24) is 5.32 Å². The van der Waals surface area contributed by atoms with Gasteiger partial charge in [0.05, 0.1) is 0 Å². The van der Waals surface area contributed by atoms with E-state index in [0.717, 1.165) is 17.8 Å². The normalized spacial score (nSPS) is 29.7. The Morgan fingerprint density at radius 2 is 2.38 bits per heavy atom. The molecule has 2 atom stereocenters. The van der Waals surface area contributed by atoms with Crippen molar-refractivity contribution in [2.75, 3.05) is 12.3 Å². The van der Waals surface area contributed by atoms with Crippen molar-refractivity contribution in [3.05, 3.63) is 12.2 Å². The van der Waals surface area contributed by atoms with Gasteiger partial charge in [-0.25, -0.2) is 0 Å². The SMILES string of the molecule is C/C=C/CCNC1CCCSC1C. The van der Waals surface area contributed by atoms with Gasteiger partial charge in [0.1, 0.15) is 0 Å². The van der Waals surface area contributed by atoms with E-state index in [1.807, 2.05) is 0 Å². The van der Waals surface area contributed by atoms with Crippen LogP contribution < -0.4 is 5.32 Å². The molecule has 1 rings (SSSR count). The van der Waals surface area contributed by atoms with Crippen molar-refractivity contribution in [2.45, 2.75) is 44.4 Å². The molecule has 1 heterocycles. The molecule has 1 N–H and O–H groups in total. The molecule has 0 aromatic heterocycles. The predicted molar refractivity (Wildman–Crippen MR) is 62.4 cm³/mol. The second-order valence-corrected chi connectivity index (χ2v) is 5.12. The minimum absolute atomic E-state index is 0.754. The molecule has 0 aliphatic carbocycles. The third-order valence-corrected chi connectivity index (χ3v) is 3.94. The van der Waals surface area contributed by atoms with Crippen molar-refractivity contribution in [2.24, 2.45) is 0 Å². The summed E-state index contributed by atoms with van der Waals surface area (Å²) in [5.41, 5.74) is 0. The lowest BCUT2D eigenvalue weighted by Gasteiger charge is -2.29. The Balaban J connectivity index is 2.11. The zero-order chi connectivity index (χ0) is 9.52. The molecule has 1 aliphatic rings. The van der Waals surface area contributed by atoms with Gasteiger partial charge in [0.25, 0.3) is 0 Å². The maximum Gasteiger partial charge on any atom is 0.0184 e. The maximum absolute atomic E-state index is 3.63. The Kier molecular flexibility index (Phi) is 5.56. The highest BCUT2D eigenvalue weighted by atomic mass is 32.2. The minimum Gasteiger partial charge on any atom is -0.313 e. The summed E-state index contributed by atoms with van der Waals surface area (Å²) in [5.74, 6) is 1.36. The molecular formula is C11H21NS. The number of allylic oxidation sites excluding steroid dienone is 1. The average molecular weight is 199 g/mol. The first-order valence-corrected chi connectivity index (χ1v) is 6.35. The number of rotatable bonds is 4. The fourth-order valence-electron chi connectivity index (χ4n) is 1.71. The average Bonchev–Trinajstić information content (AvgIpc) is 2.15. The highest BCUT2D eigenvalue weighted by Gasteiger charge is 2.20. The van der Waals surface area contributed by atoms with E-state index < -0.39 is 0 Å². The van der Waals surface area contributed by atoms with Gasteiger partial charge in [0, 0.05) is 11.3 Å². The summed E-state index contributed by atoms with van der Waals surface area (Å²) >= 11 is 2.11. The zero-order valence-corrected chi connectivity index (χ0v) is 9.57. The predicted octanol–water partition coefficient (Wildman–Crippen LogP) is 2.83. The van der Waals surface area contributed by atoms with Gasteiger partial charge in [-0.3, -0.25) is 0 Å². The smallest absolute Gasteiger partial charge is 0.0184 e. The van der Waals surface area contributed by atoms with Crippen molar-refractivity contribution in [3.8, 4) is 0 Å². The van der Waals surface area contributed by atoms with Gasteiger partial charge in [-0.1, -0.05) is 19.1 Å². The topological polar surface area (TPSA) is 12.0 Å². The van der Waals surface area contributed by atoms with Crippen LogP contribution in [0.2, 0.25) is 0 Å². The van der Waals surface area contributed by atoms with Crippen molar-refractivity contribution in [3.63, 3.8) is 0 Å². The summed E-state index contributed by atoms with van der Waals surface area (Å²) in [4.78, 5) is 0. The van der Waals surface area contributed by atoms with Gasteiger partial charge >= 0.3 is 0 Å². The first kappa shape index (κ1) is 11.1. The minimum atomic E-state index is 0.754. The molecule has 1 fully saturated rings. The van der Waals surface area contributed by atoms with E-state index in [9.17, 15) is 0 Å². The lowest BCUT2D eigenvalue weighted by Crippen LogP contribution is -2.39. The van der Waals surface area contributed by atoms with Crippen LogP contribution >= 0.6 is 11.8 Å². The lowest BCUT2D eigenvalue weighted by molar-refractivity contribution is 0.467. The van der Waals surface area contributed by atoms with Crippen LogP contribution in [0.4, 0.5) is 0 Å². The first-order valence-electron chi connectivity index (χ1n) is 5.30. The van der Waals surface area contributed by atoms with E-state index in [4.69, 9.17) is 0 Å². The second kappa shape index (κ2) is 6.50. The molecular weight excluding hydrogens is 178 g/mol. The molecule has 0 saturated carbocycles. The van der Waals surface area contributed by atoms with Crippen LogP contribution in [0.3, 0.4) is 0 Å². The Bertz CT molecular complexity index is 156. The van der Waals surface area contributed by atoms with Gasteiger partial charge in [-0.15, -0.1) is 0 Å². The molecule has 0 amide bonds. The lowest BCUT2D eigenvalue weighted by atomic mass is 10.1. The van der Waals surface area contributed by atoms with Crippen molar-refractivity contribution < 1.29 is 0 Å². The molecule has 0 aromatic carbocycles. The molecule has 1 nitrogen and oxygen atoms in total. The van der Waals surface area contributed by atoms with Gasteiger partial charge in [0.2, 0.25) is 0 Å². The van der Waals surface area contributed by atoms with E-state index >= 15 is 0 Å². The van der Waals surface area contributed by atoms with Gasteiger partial charge in [-0.2, -0.15) is 11.8 Å². The summed E-state index contributed by atoms with van der Waals surface area (Å²) in [6, 6.07) is 0.754. The van der Waals surface area contributed by atoms with Crippen LogP contribution in [0.5, 0.6) is 0 Å². The molecule has 0 spiro atoms. The molecule has 2 unspecified atom stereocenters. The van der Waals surface area contributed by atoms with E-state index in [0.29, 0.717) is 0 Å². The van der Waals surface area contributed by atoms with Gasteiger partial charge < -0.3 is 5.32 Å². The van der Waals surface area contributed by atoms with Crippen molar-refractivity contribution in [1.29, 1.82) is 0 Å². The molecule has 1 aliphatic heterocycles. The standard InChI is InChI=1S/C11H21NS/c1-3-4-5-8-12-11-7-6-9-13-10(11)2/h3-4,10-12H,5-9H2,1-2H3/b4-3+. The van der Waals surface area contributed by atoms with E-state index in [1.165, 1.54) is 25.0 Å². The highest BCUT2D eigenvalue weighted by molar-refractivity contribution is 7.99. The maximum atomic E-state index is 3.63. The third kappa shape index (κ3) is 4.19. The van der Waals surface area contributed by atoms with E-state index in [2.05, 4.69) is 43.1 Å². The summed E-state index contributed by atoms with van der Waals surface area (Å²) in [6.45, 7) is 5.57. The summed E-state index contributed by atoms with van der Waals surface area (Å²) in [5, 5.41) is 4.44. The third-order valence-electron chi connectivity index (χ3n) is 2.56. The van der Waals surface area contributed by atoms with Crippen molar-refractivity contribution >= 4 is 11.8 Å². The molecule has 1 saturated heterocycles. The summed E-state index contributed by atoms with van der Waals surface area (Å²) < 4.78 is 0. The largest absolute Gasteiger partial charge is 0.313 e. The van der Waals surface area contributed by atoms with Crippen LogP contribution in [0.1, 0.15) is 33.1 Å².